The molecule has 0 fully saturated rings. The molecule has 2 atom stereocenters. The Labute approximate surface area is 82.9 Å². The Bertz CT molecular complexity index is 354. The second kappa shape index (κ2) is 3.66. The summed E-state index contributed by atoms with van der Waals surface area (Å²) in [6.07, 6.45) is 4.48. The van der Waals surface area contributed by atoms with Crippen LogP contribution in [0.4, 0.5) is 0 Å². The number of hydrogen-bond acceptors (Lipinski definition) is 1. The maximum Gasteiger partial charge on any atom is 0.310 e. The third-order valence-electron chi connectivity index (χ3n) is 2.63. The standard InChI is InChI=1S/C12H12O2/c13-12(14)11-7-6-10(8-11)9-4-2-1-3-5-9/h1-7,10-11H,8H2,(H,13,14). The van der Waals surface area contributed by atoms with E-state index in [0.717, 1.165) is 0 Å². The Balaban J connectivity index is 2.11. The van der Waals surface area contributed by atoms with Crippen LogP contribution in [0, 0.1) is 5.92 Å². The van der Waals surface area contributed by atoms with Gasteiger partial charge in [-0.15, -0.1) is 0 Å². The molecule has 1 aromatic carbocycles. The lowest BCUT2D eigenvalue weighted by Gasteiger charge is -2.08. The van der Waals surface area contributed by atoms with E-state index in [1.165, 1.54) is 5.56 Å². The van der Waals surface area contributed by atoms with Gasteiger partial charge in [0.25, 0.3) is 0 Å². The van der Waals surface area contributed by atoms with E-state index in [4.69, 9.17) is 5.11 Å². The van der Waals surface area contributed by atoms with Crippen LogP contribution < -0.4 is 0 Å². The third kappa shape index (κ3) is 1.69. The first kappa shape index (κ1) is 9.00. The number of benzene rings is 1. The molecule has 0 bridgehead atoms. The molecule has 14 heavy (non-hydrogen) atoms. The summed E-state index contributed by atoms with van der Waals surface area (Å²) in [5.41, 5.74) is 1.20. The Morgan fingerprint density at radius 3 is 2.50 bits per heavy atom. The van der Waals surface area contributed by atoms with Crippen molar-refractivity contribution >= 4 is 5.97 Å². The zero-order valence-corrected chi connectivity index (χ0v) is 7.76. The number of aliphatic carboxylic acids is 1. The molecule has 2 unspecified atom stereocenters. The zero-order valence-electron chi connectivity index (χ0n) is 7.76. The van der Waals surface area contributed by atoms with Crippen molar-refractivity contribution in [2.24, 2.45) is 5.92 Å². The van der Waals surface area contributed by atoms with Crippen molar-refractivity contribution < 1.29 is 9.90 Å². The summed E-state index contributed by atoms with van der Waals surface area (Å²) in [5.74, 6) is -0.753. The number of rotatable bonds is 2. The molecule has 0 radical (unpaired) electrons. The van der Waals surface area contributed by atoms with Crippen LogP contribution in [0.2, 0.25) is 0 Å². The van der Waals surface area contributed by atoms with E-state index in [0.29, 0.717) is 6.42 Å². The summed E-state index contributed by atoms with van der Waals surface area (Å²) in [7, 11) is 0. The second-order valence-electron chi connectivity index (χ2n) is 3.58. The van der Waals surface area contributed by atoms with Gasteiger partial charge in [-0.1, -0.05) is 42.5 Å². The summed E-state index contributed by atoms with van der Waals surface area (Å²) in [5, 5.41) is 8.83. The van der Waals surface area contributed by atoms with Crippen LogP contribution in [0.3, 0.4) is 0 Å². The molecule has 0 saturated heterocycles. The van der Waals surface area contributed by atoms with Crippen LogP contribution in [0.5, 0.6) is 0 Å². The van der Waals surface area contributed by atoms with Crippen molar-refractivity contribution in [2.45, 2.75) is 12.3 Å². The monoisotopic (exact) mass is 188 g/mol. The molecule has 72 valence electrons. The molecule has 0 aromatic heterocycles. The normalized spacial score (nSPS) is 25.1. The predicted molar refractivity (Wildman–Crippen MR) is 54.1 cm³/mol. The second-order valence-corrected chi connectivity index (χ2v) is 3.58. The topological polar surface area (TPSA) is 37.3 Å². The lowest BCUT2D eigenvalue weighted by Crippen LogP contribution is -2.09. The van der Waals surface area contributed by atoms with Crippen LogP contribution >= 0.6 is 0 Å². The van der Waals surface area contributed by atoms with Gasteiger partial charge >= 0.3 is 5.97 Å². The van der Waals surface area contributed by atoms with Crippen LogP contribution in [-0.4, -0.2) is 11.1 Å². The van der Waals surface area contributed by atoms with Crippen LogP contribution in [0.15, 0.2) is 42.5 Å². The van der Waals surface area contributed by atoms with Gasteiger partial charge in [-0.2, -0.15) is 0 Å². The van der Waals surface area contributed by atoms with Crippen molar-refractivity contribution in [2.75, 3.05) is 0 Å². The van der Waals surface area contributed by atoms with Crippen molar-refractivity contribution in [1.29, 1.82) is 0 Å². The zero-order chi connectivity index (χ0) is 9.97. The molecular formula is C12H12O2. The fraction of sp³-hybridized carbons (Fsp3) is 0.250. The van der Waals surface area contributed by atoms with Crippen molar-refractivity contribution in [1.82, 2.24) is 0 Å². The van der Waals surface area contributed by atoms with E-state index >= 15 is 0 Å². The highest BCUT2D eigenvalue weighted by Crippen LogP contribution is 2.31. The van der Waals surface area contributed by atoms with Crippen LogP contribution in [0.1, 0.15) is 17.9 Å². The summed E-state index contributed by atoms with van der Waals surface area (Å²) in [6, 6.07) is 10.0. The maximum absolute atomic E-state index is 10.7. The quantitative estimate of drug-likeness (QED) is 0.724. The molecule has 2 rings (SSSR count). The van der Waals surface area contributed by atoms with Gasteiger partial charge in [-0.05, 0) is 12.0 Å². The first-order valence-electron chi connectivity index (χ1n) is 4.73. The lowest BCUT2D eigenvalue weighted by atomic mass is 9.96. The molecule has 1 N–H and O–H groups in total. The Morgan fingerprint density at radius 1 is 1.21 bits per heavy atom. The summed E-state index contributed by atoms with van der Waals surface area (Å²) >= 11 is 0. The third-order valence-corrected chi connectivity index (χ3v) is 2.63. The Kier molecular flexibility index (Phi) is 2.35. The van der Waals surface area contributed by atoms with Gasteiger partial charge in [0.05, 0.1) is 5.92 Å². The minimum Gasteiger partial charge on any atom is -0.481 e. The Hall–Kier alpha value is -1.57. The molecule has 0 spiro atoms. The molecular weight excluding hydrogens is 176 g/mol. The molecule has 1 aliphatic rings. The van der Waals surface area contributed by atoms with Crippen LogP contribution in [0.25, 0.3) is 0 Å². The fourth-order valence-corrected chi connectivity index (χ4v) is 1.83. The smallest absolute Gasteiger partial charge is 0.310 e. The average molecular weight is 188 g/mol. The summed E-state index contributed by atoms with van der Waals surface area (Å²) < 4.78 is 0. The molecule has 0 heterocycles. The number of hydrogen-bond donors (Lipinski definition) is 1. The molecule has 2 nitrogen and oxygen atoms in total. The maximum atomic E-state index is 10.7. The molecule has 0 amide bonds. The van der Waals surface area contributed by atoms with E-state index in [2.05, 4.69) is 0 Å². The number of carboxylic acid groups (broad SMARTS) is 1. The van der Waals surface area contributed by atoms with E-state index in [-0.39, 0.29) is 11.8 Å². The van der Waals surface area contributed by atoms with Crippen molar-refractivity contribution in [3.05, 3.63) is 48.0 Å². The van der Waals surface area contributed by atoms with E-state index < -0.39 is 5.97 Å². The largest absolute Gasteiger partial charge is 0.481 e. The summed E-state index contributed by atoms with van der Waals surface area (Å²) in [6.45, 7) is 0. The average Bonchev–Trinajstić information content (AvgIpc) is 2.68. The number of carboxylic acids is 1. The van der Waals surface area contributed by atoms with Crippen LogP contribution in [-0.2, 0) is 4.79 Å². The highest BCUT2D eigenvalue weighted by Gasteiger charge is 2.24. The SMILES string of the molecule is O=C(O)C1C=CC(c2ccccc2)C1. The van der Waals surface area contributed by atoms with Gasteiger partial charge in [0.2, 0.25) is 0 Å². The van der Waals surface area contributed by atoms with Gasteiger partial charge in [-0.25, -0.2) is 0 Å². The summed E-state index contributed by atoms with van der Waals surface area (Å²) in [4.78, 5) is 10.7. The van der Waals surface area contributed by atoms with Gasteiger partial charge < -0.3 is 5.11 Å². The number of carbonyl (C=O) groups is 1. The first-order chi connectivity index (χ1) is 6.77. The molecule has 1 aliphatic carbocycles. The molecule has 1 aromatic rings. The fourth-order valence-electron chi connectivity index (χ4n) is 1.83. The van der Waals surface area contributed by atoms with Gasteiger partial charge in [0.1, 0.15) is 0 Å². The van der Waals surface area contributed by atoms with Gasteiger partial charge in [0.15, 0.2) is 0 Å². The van der Waals surface area contributed by atoms with Crippen molar-refractivity contribution in [3.63, 3.8) is 0 Å². The molecule has 0 aliphatic heterocycles. The van der Waals surface area contributed by atoms with E-state index in [1.54, 1.807) is 6.08 Å². The highest BCUT2D eigenvalue weighted by atomic mass is 16.4. The van der Waals surface area contributed by atoms with E-state index in [1.807, 2.05) is 36.4 Å². The van der Waals surface area contributed by atoms with Crippen molar-refractivity contribution in [3.8, 4) is 0 Å². The minimum absolute atomic E-state index is 0.275. The Morgan fingerprint density at radius 2 is 1.93 bits per heavy atom. The highest BCUT2D eigenvalue weighted by molar-refractivity contribution is 5.73. The predicted octanol–water partition coefficient (Wildman–Crippen LogP) is 2.43. The van der Waals surface area contributed by atoms with E-state index in [9.17, 15) is 4.79 Å². The lowest BCUT2D eigenvalue weighted by molar-refractivity contribution is -0.140. The molecule has 0 saturated carbocycles. The first-order valence-corrected chi connectivity index (χ1v) is 4.73. The minimum atomic E-state index is -0.723. The molecule has 2 heteroatoms. The van der Waals surface area contributed by atoms with Gasteiger partial charge in [-0.3, -0.25) is 4.79 Å². The van der Waals surface area contributed by atoms with Gasteiger partial charge in [0, 0.05) is 5.92 Å². The number of allylic oxidation sites excluding steroid dienone is 1.